The van der Waals surface area contributed by atoms with Crippen LogP contribution in [0.2, 0.25) is 0 Å². The molecule has 1 amide bonds. The molecule has 1 aromatic carbocycles. The number of unbranched alkanes of at least 4 members (excludes halogenated alkanes) is 2. The van der Waals surface area contributed by atoms with Crippen molar-refractivity contribution in [3.8, 4) is 5.75 Å². The van der Waals surface area contributed by atoms with E-state index in [1.54, 1.807) is 6.92 Å². The van der Waals surface area contributed by atoms with E-state index in [1.165, 1.54) is 37.7 Å². The van der Waals surface area contributed by atoms with Crippen molar-refractivity contribution in [1.82, 2.24) is 5.32 Å². The van der Waals surface area contributed by atoms with Crippen LogP contribution >= 0.6 is 0 Å². The van der Waals surface area contributed by atoms with E-state index in [1.807, 2.05) is 6.07 Å². The van der Waals surface area contributed by atoms with Gasteiger partial charge in [-0.1, -0.05) is 77.5 Å². The summed E-state index contributed by atoms with van der Waals surface area (Å²) in [5.41, 5.74) is 0.322. The normalized spacial score (nSPS) is 29.7. The number of carbonyl (C=O) groups excluding carboxylic acids is 1. The molecule has 4 atom stereocenters. The lowest BCUT2D eigenvalue weighted by Gasteiger charge is -2.66. The summed E-state index contributed by atoms with van der Waals surface area (Å²) in [6, 6.07) is 8.41. The Balaban J connectivity index is 2.17. The van der Waals surface area contributed by atoms with Crippen molar-refractivity contribution < 1.29 is 9.53 Å². The van der Waals surface area contributed by atoms with Gasteiger partial charge in [0.25, 0.3) is 0 Å². The Labute approximate surface area is 178 Å². The third kappa shape index (κ3) is 3.49. The Kier molecular flexibility index (Phi) is 6.36. The number of para-hydroxylation sites is 1. The van der Waals surface area contributed by atoms with E-state index in [0.717, 1.165) is 25.0 Å². The molecule has 1 N–H and O–H groups in total. The number of nitrogens with one attached hydrogen (secondary N) is 1. The smallest absolute Gasteiger partial charge is 0.217 e. The van der Waals surface area contributed by atoms with Crippen molar-refractivity contribution in [3.05, 3.63) is 29.8 Å². The molecule has 0 spiro atoms. The Morgan fingerprint density at radius 1 is 1.14 bits per heavy atom. The van der Waals surface area contributed by atoms with Gasteiger partial charge in [0.05, 0.1) is 5.54 Å². The standard InChI is InChI=1S/C26H41NO2/c1-7-8-9-14-19(2)20(3)25-17-12-13-18-26(25,27-21(4)28)22-15-10-11-16-23(22)29-24(25,5)6/h10-11,15-16,19-20H,7-9,12-14,17-18H2,1-6H3,(H,27,28)/t19?,20?,25-,26+/m0/s1. The Hall–Kier alpha value is -1.51. The number of fused-ring (bicyclic) bond motifs is 3. The molecule has 2 unspecified atom stereocenters. The largest absolute Gasteiger partial charge is 0.487 e. The van der Waals surface area contributed by atoms with Crippen molar-refractivity contribution >= 4 is 5.91 Å². The zero-order valence-corrected chi connectivity index (χ0v) is 19.4. The molecule has 1 aliphatic heterocycles. The summed E-state index contributed by atoms with van der Waals surface area (Å²) < 4.78 is 6.74. The molecule has 0 aromatic heterocycles. The maximum atomic E-state index is 12.6. The fourth-order valence-electron chi connectivity index (χ4n) is 6.85. The minimum Gasteiger partial charge on any atom is -0.487 e. The molecule has 1 heterocycles. The third-order valence-corrected chi connectivity index (χ3v) is 8.20. The summed E-state index contributed by atoms with van der Waals surface area (Å²) in [5.74, 6) is 2.03. The highest BCUT2D eigenvalue weighted by atomic mass is 16.5. The molecule has 29 heavy (non-hydrogen) atoms. The van der Waals surface area contributed by atoms with Crippen LogP contribution in [0.3, 0.4) is 0 Å². The molecule has 0 radical (unpaired) electrons. The highest BCUT2D eigenvalue weighted by Crippen LogP contribution is 2.66. The number of hydrogen-bond acceptors (Lipinski definition) is 2. The number of ether oxygens (including phenoxy) is 1. The van der Waals surface area contributed by atoms with Crippen molar-refractivity contribution in [1.29, 1.82) is 0 Å². The van der Waals surface area contributed by atoms with E-state index in [2.05, 4.69) is 58.1 Å². The zero-order valence-electron chi connectivity index (χ0n) is 19.4. The van der Waals surface area contributed by atoms with E-state index in [4.69, 9.17) is 4.74 Å². The third-order valence-electron chi connectivity index (χ3n) is 8.20. The van der Waals surface area contributed by atoms with Crippen LogP contribution < -0.4 is 10.1 Å². The number of amides is 1. The molecule has 3 nitrogen and oxygen atoms in total. The second-order valence-electron chi connectivity index (χ2n) is 10.1. The highest BCUT2D eigenvalue weighted by molar-refractivity contribution is 5.75. The summed E-state index contributed by atoms with van der Waals surface area (Å²) >= 11 is 0. The maximum Gasteiger partial charge on any atom is 0.217 e. The van der Waals surface area contributed by atoms with Gasteiger partial charge in [0, 0.05) is 17.9 Å². The minimum absolute atomic E-state index is 0.0645. The van der Waals surface area contributed by atoms with Crippen LogP contribution in [0.4, 0.5) is 0 Å². The average Bonchev–Trinajstić information content (AvgIpc) is 2.66. The van der Waals surface area contributed by atoms with E-state index in [-0.39, 0.29) is 22.5 Å². The maximum absolute atomic E-state index is 12.6. The van der Waals surface area contributed by atoms with Gasteiger partial charge in [-0.05, 0) is 44.6 Å². The van der Waals surface area contributed by atoms with Gasteiger partial charge in [-0.15, -0.1) is 0 Å². The summed E-state index contributed by atoms with van der Waals surface area (Å²) in [5, 5.41) is 3.53. The molecule has 1 aromatic rings. The first-order valence-electron chi connectivity index (χ1n) is 11.8. The number of hydrogen-bond donors (Lipinski definition) is 1. The van der Waals surface area contributed by atoms with Crippen LogP contribution in [0.25, 0.3) is 0 Å². The van der Waals surface area contributed by atoms with Gasteiger partial charge in [-0.2, -0.15) is 0 Å². The predicted octanol–water partition coefficient (Wildman–Crippen LogP) is 6.60. The van der Waals surface area contributed by atoms with Crippen molar-refractivity contribution in [3.63, 3.8) is 0 Å². The van der Waals surface area contributed by atoms with Crippen molar-refractivity contribution in [2.75, 3.05) is 0 Å². The van der Waals surface area contributed by atoms with E-state index in [0.29, 0.717) is 11.8 Å². The fourth-order valence-corrected chi connectivity index (χ4v) is 6.85. The van der Waals surface area contributed by atoms with Gasteiger partial charge in [-0.25, -0.2) is 0 Å². The van der Waals surface area contributed by atoms with E-state index in [9.17, 15) is 4.79 Å². The molecule has 1 aliphatic carbocycles. The fraction of sp³-hybridized carbons (Fsp3) is 0.731. The second-order valence-corrected chi connectivity index (χ2v) is 10.1. The lowest BCUT2D eigenvalue weighted by molar-refractivity contribution is -0.184. The van der Waals surface area contributed by atoms with E-state index >= 15 is 0 Å². The summed E-state index contributed by atoms with van der Waals surface area (Å²) in [7, 11) is 0. The first kappa shape index (κ1) is 22.2. The topological polar surface area (TPSA) is 38.3 Å². The molecule has 3 heteroatoms. The minimum atomic E-state index is -0.367. The molecule has 0 saturated heterocycles. The van der Waals surface area contributed by atoms with Crippen molar-refractivity contribution in [2.24, 2.45) is 17.3 Å². The molecular formula is C26H41NO2. The monoisotopic (exact) mass is 399 g/mol. The molecular weight excluding hydrogens is 358 g/mol. The van der Waals surface area contributed by atoms with Gasteiger partial charge in [0.15, 0.2) is 0 Å². The second kappa shape index (κ2) is 8.32. The molecule has 162 valence electrons. The van der Waals surface area contributed by atoms with Crippen LogP contribution in [-0.2, 0) is 10.3 Å². The number of rotatable bonds is 7. The molecule has 1 saturated carbocycles. The Morgan fingerprint density at radius 3 is 2.52 bits per heavy atom. The van der Waals surface area contributed by atoms with Gasteiger partial charge in [0.2, 0.25) is 5.91 Å². The first-order valence-corrected chi connectivity index (χ1v) is 11.8. The van der Waals surface area contributed by atoms with Gasteiger partial charge in [0.1, 0.15) is 11.4 Å². The van der Waals surface area contributed by atoms with E-state index < -0.39 is 0 Å². The summed E-state index contributed by atoms with van der Waals surface area (Å²) in [4.78, 5) is 12.6. The Morgan fingerprint density at radius 2 is 1.83 bits per heavy atom. The highest BCUT2D eigenvalue weighted by Gasteiger charge is 2.68. The first-order chi connectivity index (χ1) is 13.7. The van der Waals surface area contributed by atoms with Crippen molar-refractivity contribution in [2.45, 2.75) is 104 Å². The average molecular weight is 400 g/mol. The van der Waals surface area contributed by atoms with Gasteiger partial charge in [-0.3, -0.25) is 4.79 Å². The van der Waals surface area contributed by atoms with Crippen LogP contribution in [0.1, 0.15) is 98.5 Å². The van der Waals surface area contributed by atoms with Gasteiger partial charge < -0.3 is 10.1 Å². The van der Waals surface area contributed by atoms with Crippen LogP contribution in [0, 0.1) is 17.3 Å². The summed E-state index contributed by atoms with van der Waals surface area (Å²) in [6.07, 6.45) is 9.49. The number of carbonyl (C=O) groups is 1. The predicted molar refractivity (Wildman–Crippen MR) is 120 cm³/mol. The SMILES string of the molecule is CCCCCC(C)C(C)[C@]12CCCC[C@@]1(NC(C)=O)c1ccccc1OC2(C)C. The molecule has 2 aliphatic rings. The number of benzene rings is 1. The Bertz CT molecular complexity index is 727. The zero-order chi connectivity index (χ0) is 21.3. The quantitative estimate of drug-likeness (QED) is 0.524. The van der Waals surface area contributed by atoms with Crippen LogP contribution in [-0.4, -0.2) is 11.5 Å². The molecule has 1 fully saturated rings. The lowest BCUT2D eigenvalue weighted by Crippen LogP contribution is -2.72. The van der Waals surface area contributed by atoms with Crippen LogP contribution in [0.5, 0.6) is 5.75 Å². The lowest BCUT2D eigenvalue weighted by atomic mass is 9.45. The molecule has 3 rings (SSSR count). The summed E-state index contributed by atoms with van der Waals surface area (Å²) in [6.45, 7) is 13.3. The van der Waals surface area contributed by atoms with Gasteiger partial charge >= 0.3 is 0 Å². The van der Waals surface area contributed by atoms with Crippen LogP contribution in [0.15, 0.2) is 24.3 Å². The molecule has 0 bridgehead atoms.